The number of nitrogens with one attached hydrogen (secondary N) is 1. The molecular weight excluding hydrogens is 349 g/mol. The number of halogens is 2. The fourth-order valence-electron chi connectivity index (χ4n) is 2.28. The van der Waals surface area contributed by atoms with E-state index in [-0.39, 0.29) is 30.7 Å². The summed E-state index contributed by atoms with van der Waals surface area (Å²) in [6, 6.07) is 3.67. The number of nitrogens with zero attached hydrogens (tertiary/aromatic N) is 3. The molecule has 3 N–H and O–H groups in total. The number of pyridine rings is 1. The number of imidazole rings is 1. The molecule has 0 radical (unpaired) electrons. The summed E-state index contributed by atoms with van der Waals surface area (Å²) >= 11 is 0. The summed E-state index contributed by atoms with van der Waals surface area (Å²) < 4.78 is 1.86. The van der Waals surface area contributed by atoms with Crippen LogP contribution in [0, 0.1) is 6.92 Å². The number of rotatable bonds is 8. The van der Waals surface area contributed by atoms with Gasteiger partial charge in [-0.15, -0.1) is 24.8 Å². The summed E-state index contributed by atoms with van der Waals surface area (Å²) in [7, 11) is 0. The molecule has 0 saturated heterocycles. The number of unbranched alkanes of at least 4 members (excludes halogenated alkanes) is 3. The molecule has 0 fully saturated rings. The first-order valence-electron chi connectivity index (χ1n) is 7.67. The molecule has 0 aromatic carbocycles. The Morgan fingerprint density at radius 1 is 1.17 bits per heavy atom. The predicted molar refractivity (Wildman–Crippen MR) is 101 cm³/mol. The maximum Gasteiger partial charge on any atom is 0.224 e. The van der Waals surface area contributed by atoms with Gasteiger partial charge in [0.2, 0.25) is 5.91 Å². The number of aryl methyl sites for hydroxylation is 1. The Labute approximate surface area is 155 Å². The van der Waals surface area contributed by atoms with Crippen molar-refractivity contribution in [2.45, 2.75) is 39.0 Å². The zero-order chi connectivity index (χ0) is 15.8. The first-order valence-corrected chi connectivity index (χ1v) is 7.67. The molecule has 8 heteroatoms. The largest absolute Gasteiger partial charge is 0.330 e. The third kappa shape index (κ3) is 6.47. The monoisotopic (exact) mass is 373 g/mol. The van der Waals surface area contributed by atoms with E-state index in [1.807, 2.05) is 29.8 Å². The second-order valence-electron chi connectivity index (χ2n) is 5.22. The zero-order valence-electron chi connectivity index (χ0n) is 13.8. The number of hydrogen-bond donors (Lipinski definition) is 2. The molecule has 0 bridgehead atoms. The van der Waals surface area contributed by atoms with Gasteiger partial charge < -0.3 is 11.1 Å². The number of nitrogens with two attached hydrogens (primary N) is 1. The van der Waals surface area contributed by atoms with Crippen molar-refractivity contribution in [2.24, 2.45) is 5.73 Å². The van der Waals surface area contributed by atoms with Gasteiger partial charge in [0.15, 0.2) is 5.82 Å². The average Bonchev–Trinajstić information content (AvgIpc) is 2.93. The summed E-state index contributed by atoms with van der Waals surface area (Å²) in [5, 5.41) is 2.94. The van der Waals surface area contributed by atoms with Crippen LogP contribution < -0.4 is 11.1 Å². The van der Waals surface area contributed by atoms with Gasteiger partial charge in [-0.05, 0) is 38.4 Å². The minimum atomic E-state index is 0. The van der Waals surface area contributed by atoms with Gasteiger partial charge in [0.25, 0.3) is 0 Å². The Morgan fingerprint density at radius 2 is 1.92 bits per heavy atom. The maximum atomic E-state index is 12.1. The Balaban J connectivity index is 0.00000264. The lowest BCUT2D eigenvalue weighted by Gasteiger charge is -2.11. The molecule has 134 valence electrons. The Morgan fingerprint density at radius 3 is 2.58 bits per heavy atom. The second kappa shape index (κ2) is 11.8. The highest BCUT2D eigenvalue weighted by Crippen LogP contribution is 2.19. The van der Waals surface area contributed by atoms with Crippen molar-refractivity contribution < 1.29 is 4.79 Å². The Kier molecular flexibility index (Phi) is 11.0. The van der Waals surface area contributed by atoms with E-state index in [1.54, 1.807) is 12.4 Å². The van der Waals surface area contributed by atoms with Crippen molar-refractivity contribution in [1.29, 1.82) is 0 Å². The number of carbonyl (C=O) groups is 1. The average molecular weight is 374 g/mol. The molecule has 24 heavy (non-hydrogen) atoms. The van der Waals surface area contributed by atoms with E-state index in [4.69, 9.17) is 5.73 Å². The highest BCUT2D eigenvalue weighted by atomic mass is 35.5. The standard InChI is InChI=1S/C16H23N5O.2ClH/c1-13-18-11-12-21(13)16-14(7-6-10-19-16)20-15(22)8-4-2-3-5-9-17;;/h6-7,10-12H,2-5,8-9,17H2,1H3,(H,20,22);2*1H. The van der Waals surface area contributed by atoms with Crippen LogP contribution in [0.1, 0.15) is 37.9 Å². The first kappa shape index (κ1) is 22.4. The van der Waals surface area contributed by atoms with Crippen LogP contribution in [0.4, 0.5) is 5.69 Å². The molecule has 1 amide bonds. The van der Waals surface area contributed by atoms with Crippen molar-refractivity contribution >= 4 is 36.4 Å². The lowest BCUT2D eigenvalue weighted by Crippen LogP contribution is -2.14. The summed E-state index contributed by atoms with van der Waals surface area (Å²) in [6.07, 6.45) is 9.79. The van der Waals surface area contributed by atoms with Crippen LogP contribution in [0.3, 0.4) is 0 Å². The van der Waals surface area contributed by atoms with E-state index in [0.717, 1.165) is 38.1 Å². The molecule has 2 aromatic heterocycles. The second-order valence-corrected chi connectivity index (χ2v) is 5.22. The Hall–Kier alpha value is -1.63. The van der Waals surface area contributed by atoms with Gasteiger partial charge in [0.1, 0.15) is 5.82 Å². The topological polar surface area (TPSA) is 85.8 Å². The van der Waals surface area contributed by atoms with E-state index in [9.17, 15) is 4.79 Å². The fourth-order valence-corrected chi connectivity index (χ4v) is 2.28. The van der Waals surface area contributed by atoms with Crippen LogP contribution in [-0.4, -0.2) is 27.0 Å². The van der Waals surface area contributed by atoms with E-state index >= 15 is 0 Å². The van der Waals surface area contributed by atoms with Crippen LogP contribution in [0.5, 0.6) is 0 Å². The minimum absolute atomic E-state index is 0. The smallest absolute Gasteiger partial charge is 0.224 e. The summed E-state index contributed by atoms with van der Waals surface area (Å²) in [5.41, 5.74) is 6.16. The lowest BCUT2D eigenvalue weighted by atomic mass is 10.1. The minimum Gasteiger partial charge on any atom is -0.330 e. The van der Waals surface area contributed by atoms with E-state index in [1.165, 1.54) is 0 Å². The predicted octanol–water partition coefficient (Wildman–Crippen LogP) is 3.27. The van der Waals surface area contributed by atoms with Gasteiger partial charge in [0.05, 0.1) is 5.69 Å². The van der Waals surface area contributed by atoms with Crippen molar-refractivity contribution in [3.05, 3.63) is 36.5 Å². The molecule has 0 spiro atoms. The van der Waals surface area contributed by atoms with Crippen molar-refractivity contribution in [3.63, 3.8) is 0 Å². The highest BCUT2D eigenvalue weighted by Gasteiger charge is 2.10. The SMILES string of the molecule is Cc1nccn1-c1ncccc1NC(=O)CCCCCCN.Cl.Cl. The van der Waals surface area contributed by atoms with Gasteiger partial charge in [0, 0.05) is 25.0 Å². The summed E-state index contributed by atoms with van der Waals surface area (Å²) in [4.78, 5) is 20.6. The van der Waals surface area contributed by atoms with Gasteiger partial charge >= 0.3 is 0 Å². The molecule has 0 aliphatic carbocycles. The van der Waals surface area contributed by atoms with Crippen LogP contribution in [-0.2, 0) is 4.79 Å². The van der Waals surface area contributed by atoms with Crippen LogP contribution in [0.2, 0.25) is 0 Å². The van der Waals surface area contributed by atoms with Gasteiger partial charge in [-0.3, -0.25) is 9.36 Å². The van der Waals surface area contributed by atoms with E-state index in [0.29, 0.717) is 17.9 Å². The number of anilines is 1. The van der Waals surface area contributed by atoms with Gasteiger partial charge in [-0.2, -0.15) is 0 Å². The van der Waals surface area contributed by atoms with Gasteiger partial charge in [-0.1, -0.05) is 12.8 Å². The molecule has 2 aromatic rings. The van der Waals surface area contributed by atoms with Crippen LogP contribution in [0.25, 0.3) is 5.82 Å². The molecule has 2 rings (SSSR count). The molecule has 0 unspecified atom stereocenters. The van der Waals surface area contributed by atoms with Crippen LogP contribution >= 0.6 is 24.8 Å². The third-order valence-corrected chi connectivity index (χ3v) is 3.47. The normalized spacial score (nSPS) is 9.75. The number of carbonyl (C=O) groups excluding carboxylic acids is 1. The number of aromatic nitrogens is 3. The molecule has 0 aliphatic rings. The maximum absolute atomic E-state index is 12.1. The fraction of sp³-hybridized carbons (Fsp3) is 0.438. The van der Waals surface area contributed by atoms with Crippen molar-refractivity contribution in [2.75, 3.05) is 11.9 Å². The molecule has 0 atom stereocenters. The summed E-state index contributed by atoms with van der Waals surface area (Å²) in [6.45, 7) is 2.62. The highest BCUT2D eigenvalue weighted by molar-refractivity contribution is 5.92. The molecular formula is C16H25Cl2N5O. The lowest BCUT2D eigenvalue weighted by molar-refractivity contribution is -0.116. The number of hydrogen-bond acceptors (Lipinski definition) is 4. The number of amides is 1. The first-order chi connectivity index (χ1) is 10.7. The molecule has 0 aliphatic heterocycles. The zero-order valence-corrected chi connectivity index (χ0v) is 15.4. The molecule has 6 nitrogen and oxygen atoms in total. The Bertz CT molecular complexity index is 618. The van der Waals surface area contributed by atoms with E-state index in [2.05, 4.69) is 15.3 Å². The summed E-state index contributed by atoms with van der Waals surface area (Å²) in [5.74, 6) is 1.53. The van der Waals surface area contributed by atoms with Crippen molar-refractivity contribution in [1.82, 2.24) is 14.5 Å². The quantitative estimate of drug-likeness (QED) is 0.695. The van der Waals surface area contributed by atoms with Crippen molar-refractivity contribution in [3.8, 4) is 5.82 Å². The third-order valence-electron chi connectivity index (χ3n) is 3.47. The van der Waals surface area contributed by atoms with E-state index < -0.39 is 0 Å². The van der Waals surface area contributed by atoms with Gasteiger partial charge in [-0.25, -0.2) is 9.97 Å². The molecule has 0 saturated carbocycles. The van der Waals surface area contributed by atoms with Crippen LogP contribution in [0.15, 0.2) is 30.7 Å². The molecule has 2 heterocycles.